The first-order valence-electron chi connectivity index (χ1n) is 38.5. The van der Waals surface area contributed by atoms with Gasteiger partial charge in [0.15, 0.2) is 12.2 Å². The number of phosphoric acid groups is 2. The van der Waals surface area contributed by atoms with E-state index in [2.05, 4.69) is 41.5 Å². The number of unbranched alkanes of at least 4 members (excludes halogenated alkanes) is 43. The van der Waals surface area contributed by atoms with Crippen LogP contribution in [0.15, 0.2) is 0 Å². The Bertz CT molecular complexity index is 1800. The maximum absolute atomic E-state index is 13.0. The van der Waals surface area contributed by atoms with Gasteiger partial charge in [-0.3, -0.25) is 37.3 Å². The summed E-state index contributed by atoms with van der Waals surface area (Å²) in [7, 11) is -9.90. The summed E-state index contributed by atoms with van der Waals surface area (Å²) in [6.45, 7) is 9.54. The number of phosphoric ester groups is 2. The predicted octanol–water partition coefficient (Wildman–Crippen LogP) is 21.6. The molecule has 0 amide bonds. The van der Waals surface area contributed by atoms with Crippen molar-refractivity contribution in [3.8, 4) is 0 Å². The lowest BCUT2D eigenvalue weighted by molar-refractivity contribution is -0.161. The number of rotatable bonds is 73. The third kappa shape index (κ3) is 68.4. The first-order valence-corrected chi connectivity index (χ1v) is 41.5. The molecule has 2 unspecified atom stereocenters. The number of ether oxygens (including phenoxy) is 4. The SMILES string of the molecule is CCCCCCCCCCCCCCCCCCC(=O)O[C@H](COC(=O)CCCCCCC)COP(=O)(O)OC[C@H](O)COP(=O)(O)OC[C@@H](COC(=O)CCCCCCCCCCCCCCCC(C)C)OC(=O)CCCCCCCCCCCCCCCC(C)C. The molecule has 0 saturated heterocycles. The number of aliphatic hydroxyl groups excluding tert-OH is 1. The Morgan fingerprint density at radius 1 is 0.290 bits per heavy atom. The molecule has 0 heterocycles. The maximum atomic E-state index is 13.0. The molecule has 0 aromatic heterocycles. The molecule has 0 aliphatic rings. The van der Waals surface area contributed by atoms with Gasteiger partial charge in [0, 0.05) is 25.7 Å². The quantitative estimate of drug-likeness (QED) is 0.0222. The average Bonchev–Trinajstić information content (AvgIpc) is 3.70. The van der Waals surface area contributed by atoms with E-state index in [4.69, 9.17) is 37.0 Å². The Morgan fingerprint density at radius 2 is 0.495 bits per heavy atom. The van der Waals surface area contributed by atoms with Crippen molar-refractivity contribution in [3.05, 3.63) is 0 Å². The highest BCUT2D eigenvalue weighted by atomic mass is 31.2. The van der Waals surface area contributed by atoms with Crippen LogP contribution in [0.25, 0.3) is 0 Å². The van der Waals surface area contributed by atoms with Crippen LogP contribution in [0.5, 0.6) is 0 Å². The van der Waals surface area contributed by atoms with E-state index < -0.39 is 97.5 Å². The molecule has 0 rings (SSSR count). The Kier molecular flexibility index (Phi) is 64.6. The van der Waals surface area contributed by atoms with E-state index in [0.29, 0.717) is 25.7 Å². The van der Waals surface area contributed by atoms with Crippen LogP contribution in [0, 0.1) is 11.8 Å². The summed E-state index contributed by atoms with van der Waals surface area (Å²) >= 11 is 0. The zero-order chi connectivity index (χ0) is 68.6. The molecule has 0 fully saturated rings. The first-order chi connectivity index (χ1) is 44.9. The average molecular weight is 1370 g/mol. The van der Waals surface area contributed by atoms with Crippen molar-refractivity contribution in [2.75, 3.05) is 39.6 Å². The molecule has 17 nitrogen and oxygen atoms in total. The number of carbonyl (C=O) groups is 4. The van der Waals surface area contributed by atoms with Crippen LogP contribution in [0.1, 0.15) is 382 Å². The molecule has 19 heteroatoms. The highest BCUT2D eigenvalue weighted by Crippen LogP contribution is 2.45. The van der Waals surface area contributed by atoms with E-state index in [1.165, 1.54) is 193 Å². The van der Waals surface area contributed by atoms with E-state index in [1.54, 1.807) is 0 Å². The molecule has 0 bridgehead atoms. The topological polar surface area (TPSA) is 237 Å². The molecule has 0 spiro atoms. The molecule has 552 valence electrons. The van der Waals surface area contributed by atoms with Gasteiger partial charge in [-0.25, -0.2) is 9.13 Å². The smallest absolute Gasteiger partial charge is 0.462 e. The zero-order valence-electron chi connectivity index (χ0n) is 60.6. The maximum Gasteiger partial charge on any atom is 0.472 e. The minimum absolute atomic E-state index is 0.107. The molecule has 0 radical (unpaired) electrons. The molecular weight excluding hydrogens is 1220 g/mol. The highest BCUT2D eigenvalue weighted by molar-refractivity contribution is 7.47. The monoisotopic (exact) mass is 1370 g/mol. The third-order valence-corrected chi connectivity index (χ3v) is 19.1. The van der Waals surface area contributed by atoms with E-state index >= 15 is 0 Å². The van der Waals surface area contributed by atoms with Crippen molar-refractivity contribution in [3.63, 3.8) is 0 Å². The van der Waals surface area contributed by atoms with Crippen LogP contribution in [0.4, 0.5) is 0 Å². The Labute approximate surface area is 568 Å². The Morgan fingerprint density at radius 3 is 0.731 bits per heavy atom. The van der Waals surface area contributed by atoms with Crippen LogP contribution in [-0.4, -0.2) is 96.7 Å². The largest absolute Gasteiger partial charge is 0.472 e. The molecule has 0 aliphatic heterocycles. The minimum Gasteiger partial charge on any atom is -0.462 e. The molecule has 93 heavy (non-hydrogen) atoms. The van der Waals surface area contributed by atoms with Crippen molar-refractivity contribution < 1.29 is 80.2 Å². The second-order valence-corrected chi connectivity index (χ2v) is 30.5. The molecule has 0 aromatic rings. The standard InChI is InChI=1S/C74H144O17P2/c1-7-9-11-13-14-15-16-17-18-19-24-30-35-40-46-52-58-73(78)90-69(62-84-71(76)56-50-42-12-10-8-2)64-88-92(80,81)86-60-68(75)61-87-93(82,83)89-65-70(91-74(79)59-53-47-41-36-31-26-21-23-28-33-38-44-49-55-67(5)6)63-85-72(77)57-51-45-39-34-29-25-20-22-27-32-37-43-48-54-66(3)4/h66-70,75H,7-65H2,1-6H3,(H,80,81)(H,82,83)/t68-,69+,70+/m0/s1. The summed E-state index contributed by atoms with van der Waals surface area (Å²) in [5.74, 6) is -0.550. The van der Waals surface area contributed by atoms with Gasteiger partial charge in [0.05, 0.1) is 26.4 Å². The van der Waals surface area contributed by atoms with Crippen molar-refractivity contribution in [1.29, 1.82) is 0 Å². The fourth-order valence-electron chi connectivity index (χ4n) is 11.3. The number of hydrogen-bond acceptors (Lipinski definition) is 15. The van der Waals surface area contributed by atoms with Crippen molar-refractivity contribution in [1.82, 2.24) is 0 Å². The predicted molar refractivity (Wildman–Crippen MR) is 377 cm³/mol. The fourth-order valence-corrected chi connectivity index (χ4v) is 12.9. The molecular formula is C74H144O17P2. The van der Waals surface area contributed by atoms with Crippen molar-refractivity contribution in [2.45, 2.75) is 400 Å². The first kappa shape index (κ1) is 91.1. The number of aliphatic hydroxyl groups is 1. The van der Waals surface area contributed by atoms with E-state index in [-0.39, 0.29) is 25.7 Å². The van der Waals surface area contributed by atoms with Crippen molar-refractivity contribution >= 4 is 39.5 Å². The van der Waals surface area contributed by atoms with Gasteiger partial charge in [-0.1, -0.05) is 330 Å². The van der Waals surface area contributed by atoms with Gasteiger partial charge >= 0.3 is 39.5 Å². The summed E-state index contributed by atoms with van der Waals surface area (Å²) < 4.78 is 68.3. The summed E-state index contributed by atoms with van der Waals surface area (Å²) in [4.78, 5) is 72.5. The summed E-state index contributed by atoms with van der Waals surface area (Å²) in [6, 6.07) is 0. The second kappa shape index (κ2) is 66.0. The molecule has 5 atom stereocenters. The summed E-state index contributed by atoms with van der Waals surface area (Å²) in [5.41, 5.74) is 0. The van der Waals surface area contributed by atoms with Crippen molar-refractivity contribution in [2.24, 2.45) is 11.8 Å². The number of hydrogen-bond donors (Lipinski definition) is 3. The van der Waals surface area contributed by atoms with Gasteiger partial charge in [0.1, 0.15) is 19.3 Å². The summed E-state index contributed by atoms with van der Waals surface area (Å²) in [6.07, 6.45) is 53.0. The lowest BCUT2D eigenvalue weighted by Gasteiger charge is -2.21. The number of carbonyl (C=O) groups excluding carboxylic acids is 4. The second-order valence-electron chi connectivity index (χ2n) is 27.6. The molecule has 0 aliphatic carbocycles. The lowest BCUT2D eigenvalue weighted by atomic mass is 10.0. The van der Waals surface area contributed by atoms with E-state index in [0.717, 1.165) is 108 Å². The van der Waals surface area contributed by atoms with Crippen LogP contribution >= 0.6 is 15.6 Å². The lowest BCUT2D eigenvalue weighted by Crippen LogP contribution is -2.30. The fraction of sp³-hybridized carbons (Fsp3) is 0.946. The third-order valence-electron chi connectivity index (χ3n) is 17.2. The van der Waals surface area contributed by atoms with Gasteiger partial charge < -0.3 is 33.8 Å². The van der Waals surface area contributed by atoms with Gasteiger partial charge in [0.25, 0.3) is 0 Å². The Balaban J connectivity index is 5.14. The summed E-state index contributed by atoms with van der Waals surface area (Å²) in [5, 5.41) is 10.6. The van der Waals surface area contributed by atoms with Crippen LogP contribution in [0.2, 0.25) is 0 Å². The van der Waals surface area contributed by atoms with Crippen LogP contribution in [-0.2, 0) is 65.4 Å². The van der Waals surface area contributed by atoms with Gasteiger partial charge in [-0.05, 0) is 37.5 Å². The normalized spacial score (nSPS) is 14.1. The van der Waals surface area contributed by atoms with Gasteiger partial charge in [-0.15, -0.1) is 0 Å². The zero-order valence-corrected chi connectivity index (χ0v) is 62.3. The number of esters is 4. The minimum atomic E-state index is -4.95. The Hall–Kier alpha value is -1.94. The van der Waals surface area contributed by atoms with Gasteiger partial charge in [-0.2, -0.15) is 0 Å². The molecule has 0 aromatic carbocycles. The molecule has 3 N–H and O–H groups in total. The van der Waals surface area contributed by atoms with Gasteiger partial charge in [0.2, 0.25) is 0 Å². The van der Waals surface area contributed by atoms with Crippen LogP contribution in [0.3, 0.4) is 0 Å². The van der Waals surface area contributed by atoms with E-state index in [1.807, 2.05) is 0 Å². The van der Waals surface area contributed by atoms with Crippen LogP contribution < -0.4 is 0 Å². The highest BCUT2D eigenvalue weighted by Gasteiger charge is 2.30. The van der Waals surface area contributed by atoms with E-state index in [9.17, 15) is 43.2 Å². The molecule has 0 saturated carbocycles.